The predicted molar refractivity (Wildman–Crippen MR) is 69.6 cm³/mol. The van der Waals surface area contributed by atoms with Gasteiger partial charge >= 0.3 is 12.1 Å². The van der Waals surface area contributed by atoms with Crippen molar-refractivity contribution in [2.24, 2.45) is 0 Å². The van der Waals surface area contributed by atoms with Gasteiger partial charge in [-0.1, -0.05) is 0 Å². The number of methoxy groups -OCH3 is 1. The summed E-state index contributed by atoms with van der Waals surface area (Å²) in [6.07, 6.45) is -4.42. The number of amides is 1. The van der Waals surface area contributed by atoms with Gasteiger partial charge in [-0.3, -0.25) is 4.79 Å². The van der Waals surface area contributed by atoms with E-state index < -0.39 is 29.7 Å². The summed E-state index contributed by atoms with van der Waals surface area (Å²) in [4.78, 5) is 23.4. The van der Waals surface area contributed by atoms with Gasteiger partial charge in [0.1, 0.15) is 6.04 Å². The lowest BCUT2D eigenvalue weighted by Gasteiger charge is -2.15. The third-order valence-corrected chi connectivity index (χ3v) is 2.81. The molecule has 8 heteroatoms. The van der Waals surface area contributed by atoms with E-state index in [0.29, 0.717) is 0 Å². The summed E-state index contributed by atoms with van der Waals surface area (Å²) >= 11 is 0. The molecule has 0 bridgehead atoms. The number of benzene rings is 1. The molecule has 0 aromatic heterocycles. The number of carbonyl (C=O) groups is 2. The topological polar surface area (TPSA) is 79.2 Å². The molecule has 1 aromatic rings. The minimum Gasteiger partial charge on any atom is -0.467 e. The number of halogens is 3. The van der Waals surface area contributed by atoms with E-state index >= 15 is 0 Å². The number of ether oxygens (including phenoxy) is 1. The molecule has 0 aliphatic rings. The Bertz CT molecular complexity index is 576. The van der Waals surface area contributed by atoms with Gasteiger partial charge in [0.2, 0.25) is 0 Å². The second kappa shape index (κ2) is 7.45. The van der Waals surface area contributed by atoms with E-state index in [1.54, 1.807) is 0 Å². The summed E-state index contributed by atoms with van der Waals surface area (Å²) in [6, 6.07) is 4.37. The van der Waals surface area contributed by atoms with Gasteiger partial charge in [-0.05, 0) is 30.7 Å². The van der Waals surface area contributed by atoms with Crippen molar-refractivity contribution in [3.05, 3.63) is 35.4 Å². The largest absolute Gasteiger partial charge is 0.467 e. The standard InChI is InChI=1S/C14H13F3N2O3/c1-22-13(21)11(3-2-8-18)19-12(20)9-4-6-10(7-5-9)14(15,16)17/h4-7,11H,2-3H2,1H3,(H,19,20)/t11-/m1/s1. The Morgan fingerprint density at radius 2 is 1.91 bits per heavy atom. The highest BCUT2D eigenvalue weighted by Crippen LogP contribution is 2.29. The van der Waals surface area contributed by atoms with Gasteiger partial charge < -0.3 is 10.1 Å². The van der Waals surface area contributed by atoms with E-state index in [4.69, 9.17) is 5.26 Å². The zero-order chi connectivity index (χ0) is 16.8. The van der Waals surface area contributed by atoms with Gasteiger partial charge in [0.15, 0.2) is 0 Å². The number of esters is 1. The summed E-state index contributed by atoms with van der Waals surface area (Å²) < 4.78 is 41.8. The SMILES string of the molecule is COC(=O)[C@@H](CCC#N)NC(=O)c1ccc(C(F)(F)F)cc1. The van der Waals surface area contributed by atoms with Crippen LogP contribution in [0.2, 0.25) is 0 Å². The van der Waals surface area contributed by atoms with Crippen molar-refractivity contribution in [2.75, 3.05) is 7.11 Å². The molecule has 1 atom stereocenters. The van der Waals surface area contributed by atoms with Crippen LogP contribution in [0.4, 0.5) is 13.2 Å². The first-order chi connectivity index (χ1) is 10.3. The number of nitrogens with one attached hydrogen (secondary N) is 1. The molecule has 5 nitrogen and oxygen atoms in total. The van der Waals surface area contributed by atoms with Crippen molar-refractivity contribution in [1.82, 2.24) is 5.32 Å². The molecule has 0 spiro atoms. The van der Waals surface area contributed by atoms with Gasteiger partial charge in [-0.25, -0.2) is 4.79 Å². The molecule has 1 aromatic carbocycles. The fourth-order valence-electron chi connectivity index (χ4n) is 1.65. The first kappa shape index (κ1) is 17.5. The van der Waals surface area contributed by atoms with Gasteiger partial charge in [0.25, 0.3) is 5.91 Å². The molecule has 0 heterocycles. The van der Waals surface area contributed by atoms with Crippen molar-refractivity contribution in [3.8, 4) is 6.07 Å². The number of hydrogen-bond acceptors (Lipinski definition) is 4. The van der Waals surface area contributed by atoms with Crippen LogP contribution in [0.3, 0.4) is 0 Å². The maximum absolute atomic E-state index is 12.4. The molecular formula is C14H13F3N2O3. The second-order valence-electron chi connectivity index (χ2n) is 4.32. The minimum atomic E-state index is -4.49. The molecule has 0 unspecified atom stereocenters. The smallest absolute Gasteiger partial charge is 0.416 e. The maximum Gasteiger partial charge on any atom is 0.416 e. The lowest BCUT2D eigenvalue weighted by atomic mass is 10.1. The Kier molecular flexibility index (Phi) is 5.92. The zero-order valence-corrected chi connectivity index (χ0v) is 11.6. The Hall–Kier alpha value is -2.56. The van der Waals surface area contributed by atoms with Crippen molar-refractivity contribution in [2.45, 2.75) is 25.1 Å². The van der Waals surface area contributed by atoms with Crippen LogP contribution in [-0.2, 0) is 15.7 Å². The molecule has 0 saturated heterocycles. The van der Waals surface area contributed by atoms with Crippen molar-refractivity contribution in [3.63, 3.8) is 0 Å². The van der Waals surface area contributed by atoms with Crippen LogP contribution in [0.25, 0.3) is 0 Å². The van der Waals surface area contributed by atoms with Crippen molar-refractivity contribution in [1.29, 1.82) is 5.26 Å². The quantitative estimate of drug-likeness (QED) is 0.846. The van der Waals surface area contributed by atoms with E-state index in [2.05, 4.69) is 10.1 Å². The van der Waals surface area contributed by atoms with Gasteiger partial charge in [-0.15, -0.1) is 0 Å². The third kappa shape index (κ3) is 4.77. The van der Waals surface area contributed by atoms with Crippen LogP contribution in [-0.4, -0.2) is 25.0 Å². The molecule has 22 heavy (non-hydrogen) atoms. The van der Waals surface area contributed by atoms with Gasteiger partial charge in [-0.2, -0.15) is 18.4 Å². The normalized spacial score (nSPS) is 12.1. The average molecular weight is 314 g/mol. The summed E-state index contributed by atoms with van der Waals surface area (Å²) in [7, 11) is 1.13. The fourth-order valence-corrected chi connectivity index (χ4v) is 1.65. The number of nitrogens with zero attached hydrogens (tertiary/aromatic N) is 1. The molecule has 0 aliphatic carbocycles. The molecule has 0 fully saturated rings. The van der Waals surface area contributed by atoms with Crippen molar-refractivity contribution >= 4 is 11.9 Å². The Morgan fingerprint density at radius 3 is 2.36 bits per heavy atom. The highest BCUT2D eigenvalue weighted by Gasteiger charge is 2.30. The Morgan fingerprint density at radius 1 is 1.32 bits per heavy atom. The molecule has 1 N–H and O–H groups in total. The number of carbonyl (C=O) groups excluding carboxylic acids is 2. The summed E-state index contributed by atoms with van der Waals surface area (Å²) in [5.74, 6) is -1.45. The van der Waals surface area contributed by atoms with E-state index in [1.807, 2.05) is 6.07 Å². The van der Waals surface area contributed by atoms with Crippen LogP contribution in [0.5, 0.6) is 0 Å². The Labute approximate surface area is 124 Å². The summed E-state index contributed by atoms with van der Waals surface area (Å²) in [6.45, 7) is 0. The average Bonchev–Trinajstić information content (AvgIpc) is 2.49. The van der Waals surface area contributed by atoms with Gasteiger partial charge in [0, 0.05) is 12.0 Å². The Balaban J connectivity index is 2.81. The number of rotatable bonds is 5. The van der Waals surface area contributed by atoms with E-state index in [-0.39, 0.29) is 18.4 Å². The highest BCUT2D eigenvalue weighted by atomic mass is 19.4. The first-order valence-corrected chi connectivity index (χ1v) is 6.22. The van der Waals surface area contributed by atoms with Crippen LogP contribution in [0, 0.1) is 11.3 Å². The number of nitriles is 1. The van der Waals surface area contributed by atoms with E-state index in [0.717, 1.165) is 31.4 Å². The van der Waals surface area contributed by atoms with Crippen LogP contribution >= 0.6 is 0 Å². The van der Waals surface area contributed by atoms with Crippen molar-refractivity contribution < 1.29 is 27.5 Å². The number of alkyl halides is 3. The highest BCUT2D eigenvalue weighted by molar-refractivity contribution is 5.96. The van der Waals surface area contributed by atoms with Crippen LogP contribution < -0.4 is 5.32 Å². The molecule has 1 amide bonds. The van der Waals surface area contributed by atoms with Crippen LogP contribution in [0.15, 0.2) is 24.3 Å². The molecule has 1 rings (SSSR count). The minimum absolute atomic E-state index is 0.0209. The maximum atomic E-state index is 12.4. The third-order valence-electron chi connectivity index (χ3n) is 2.81. The van der Waals surface area contributed by atoms with Gasteiger partial charge in [0.05, 0.1) is 18.7 Å². The molecule has 0 radical (unpaired) electrons. The second-order valence-corrected chi connectivity index (χ2v) is 4.32. The summed E-state index contributed by atoms with van der Waals surface area (Å²) in [5.41, 5.74) is -0.906. The predicted octanol–water partition coefficient (Wildman–Crippen LogP) is 2.28. The lowest BCUT2D eigenvalue weighted by molar-refractivity contribution is -0.143. The molecular weight excluding hydrogens is 301 g/mol. The first-order valence-electron chi connectivity index (χ1n) is 6.22. The van der Waals surface area contributed by atoms with E-state index in [1.165, 1.54) is 0 Å². The summed E-state index contributed by atoms with van der Waals surface area (Å²) in [5, 5.41) is 10.8. The molecule has 118 valence electrons. The van der Waals surface area contributed by atoms with Crippen LogP contribution in [0.1, 0.15) is 28.8 Å². The lowest BCUT2D eigenvalue weighted by Crippen LogP contribution is -2.41. The van der Waals surface area contributed by atoms with E-state index in [9.17, 15) is 22.8 Å². The monoisotopic (exact) mass is 314 g/mol. The molecule has 0 saturated carbocycles. The fraction of sp³-hybridized carbons (Fsp3) is 0.357. The number of hydrogen-bond donors (Lipinski definition) is 1. The molecule has 0 aliphatic heterocycles. The zero-order valence-electron chi connectivity index (χ0n) is 11.6.